The van der Waals surface area contributed by atoms with Gasteiger partial charge in [-0.25, -0.2) is 15.0 Å². The molecular weight excluding hydrogens is 460 g/mol. The maximum Gasteiger partial charge on any atom is 0.235 e. The lowest BCUT2D eigenvalue weighted by atomic mass is 10.1. The van der Waals surface area contributed by atoms with Crippen molar-refractivity contribution in [1.82, 2.24) is 24.8 Å². The van der Waals surface area contributed by atoms with Crippen LogP contribution < -0.4 is 10.6 Å². The lowest BCUT2D eigenvalue weighted by Gasteiger charge is -2.17. The summed E-state index contributed by atoms with van der Waals surface area (Å²) >= 11 is 4.63. The summed E-state index contributed by atoms with van der Waals surface area (Å²) in [4.78, 5) is 25.0. The number of aromatic nitrogens is 4. The van der Waals surface area contributed by atoms with Gasteiger partial charge in [-0.1, -0.05) is 28.1 Å². The standard InChI is InChI=1S/C18H19BrN6O3S/c1-20-17(28)14-12(26)13(27)18(29-14)25-8-24-11-15(22-7-23-16(11)25)21-6-9-3-2-4-10(19)5-9/h2-5,7-8,12-14,18,26-27H,6H2,1H3,(H,20,28)(H,21,22,23)/t12?,13?,14-,18+/m0/s1. The van der Waals surface area contributed by atoms with Crippen LogP contribution in [-0.2, 0) is 11.3 Å². The molecule has 3 aromatic rings. The average molecular weight is 479 g/mol. The van der Waals surface area contributed by atoms with Gasteiger partial charge < -0.3 is 20.8 Å². The number of carbonyl (C=O) groups is 1. The summed E-state index contributed by atoms with van der Waals surface area (Å²) in [6, 6.07) is 7.92. The van der Waals surface area contributed by atoms with E-state index in [4.69, 9.17) is 0 Å². The predicted molar refractivity (Wildman–Crippen MR) is 113 cm³/mol. The van der Waals surface area contributed by atoms with E-state index < -0.39 is 22.8 Å². The molecule has 4 N–H and O–H groups in total. The number of nitrogens with one attached hydrogen (secondary N) is 2. The van der Waals surface area contributed by atoms with E-state index in [0.717, 1.165) is 10.0 Å². The first kappa shape index (κ1) is 20.1. The summed E-state index contributed by atoms with van der Waals surface area (Å²) in [6.07, 6.45) is 0.650. The Balaban J connectivity index is 1.60. The Morgan fingerprint density at radius 3 is 2.86 bits per heavy atom. The van der Waals surface area contributed by atoms with Crippen LogP contribution in [0.2, 0.25) is 0 Å². The number of nitrogens with zero attached hydrogens (tertiary/aromatic N) is 4. The molecule has 0 bridgehead atoms. The summed E-state index contributed by atoms with van der Waals surface area (Å²) in [7, 11) is 1.50. The molecule has 29 heavy (non-hydrogen) atoms. The van der Waals surface area contributed by atoms with E-state index in [1.165, 1.54) is 25.1 Å². The maximum atomic E-state index is 12.0. The highest BCUT2D eigenvalue weighted by Crippen LogP contribution is 2.43. The number of aliphatic hydroxyl groups excluding tert-OH is 2. The third-order valence-electron chi connectivity index (χ3n) is 4.73. The van der Waals surface area contributed by atoms with Crippen LogP contribution in [0.25, 0.3) is 11.2 Å². The van der Waals surface area contributed by atoms with Crippen molar-refractivity contribution in [2.24, 2.45) is 0 Å². The van der Waals surface area contributed by atoms with Crippen molar-refractivity contribution < 1.29 is 15.0 Å². The Kier molecular flexibility index (Phi) is 5.72. The molecule has 0 spiro atoms. The van der Waals surface area contributed by atoms with Crippen molar-refractivity contribution in [3.63, 3.8) is 0 Å². The molecule has 0 aliphatic carbocycles. The molecule has 1 aliphatic rings. The van der Waals surface area contributed by atoms with Gasteiger partial charge in [0.1, 0.15) is 34.7 Å². The van der Waals surface area contributed by atoms with E-state index in [9.17, 15) is 15.0 Å². The summed E-state index contributed by atoms with van der Waals surface area (Å²) < 4.78 is 2.66. The lowest BCUT2D eigenvalue weighted by Crippen LogP contribution is -2.39. The molecule has 4 atom stereocenters. The monoisotopic (exact) mass is 478 g/mol. The normalized spacial score (nSPS) is 24.0. The fourth-order valence-electron chi connectivity index (χ4n) is 3.25. The Hall–Kier alpha value is -2.21. The number of benzene rings is 1. The highest BCUT2D eigenvalue weighted by molar-refractivity contribution is 9.10. The van der Waals surface area contributed by atoms with Gasteiger partial charge in [0.15, 0.2) is 11.5 Å². The summed E-state index contributed by atoms with van der Waals surface area (Å²) in [6.45, 7) is 0.552. The minimum atomic E-state index is -1.18. The molecule has 3 heterocycles. The van der Waals surface area contributed by atoms with Crippen LogP contribution in [0, 0.1) is 0 Å². The first-order chi connectivity index (χ1) is 14.0. The smallest absolute Gasteiger partial charge is 0.235 e. The highest BCUT2D eigenvalue weighted by Gasteiger charge is 2.47. The van der Waals surface area contributed by atoms with E-state index >= 15 is 0 Å². The first-order valence-corrected chi connectivity index (χ1v) is 10.6. The Labute approximate surface area is 179 Å². The molecule has 1 aliphatic heterocycles. The molecule has 11 heteroatoms. The molecule has 1 amide bonds. The van der Waals surface area contributed by atoms with Crippen LogP contribution in [0.3, 0.4) is 0 Å². The quantitative estimate of drug-likeness (QED) is 0.432. The Morgan fingerprint density at radius 1 is 1.28 bits per heavy atom. The zero-order valence-corrected chi connectivity index (χ0v) is 17.8. The number of hydrogen-bond donors (Lipinski definition) is 4. The molecule has 152 valence electrons. The van der Waals surface area contributed by atoms with E-state index in [1.54, 1.807) is 10.9 Å². The van der Waals surface area contributed by atoms with Crippen molar-refractivity contribution in [1.29, 1.82) is 0 Å². The number of anilines is 1. The van der Waals surface area contributed by atoms with Gasteiger partial charge in [-0.15, -0.1) is 11.8 Å². The predicted octanol–water partition coefficient (Wildman–Crippen LogP) is 1.28. The molecule has 1 fully saturated rings. The number of imidazole rings is 1. The van der Waals surface area contributed by atoms with Gasteiger partial charge in [-0.3, -0.25) is 9.36 Å². The second-order valence-electron chi connectivity index (χ2n) is 6.57. The zero-order valence-electron chi connectivity index (χ0n) is 15.4. The van der Waals surface area contributed by atoms with Gasteiger partial charge in [0.25, 0.3) is 0 Å². The highest BCUT2D eigenvalue weighted by atomic mass is 79.9. The molecule has 1 saturated heterocycles. The first-order valence-electron chi connectivity index (χ1n) is 8.88. The van der Waals surface area contributed by atoms with Crippen molar-refractivity contribution >= 4 is 50.6 Å². The fourth-order valence-corrected chi connectivity index (χ4v) is 5.17. The summed E-state index contributed by atoms with van der Waals surface area (Å²) in [5.41, 5.74) is 2.13. The minimum Gasteiger partial charge on any atom is -0.389 e. The van der Waals surface area contributed by atoms with Gasteiger partial charge in [0.2, 0.25) is 5.91 Å². The van der Waals surface area contributed by atoms with Crippen LogP contribution in [0.1, 0.15) is 10.9 Å². The number of rotatable bonds is 5. The van der Waals surface area contributed by atoms with Crippen molar-refractivity contribution in [2.45, 2.75) is 29.4 Å². The minimum absolute atomic E-state index is 0.334. The summed E-state index contributed by atoms with van der Waals surface area (Å²) in [5.74, 6) is 0.231. The fraction of sp³-hybridized carbons (Fsp3) is 0.333. The summed E-state index contributed by atoms with van der Waals surface area (Å²) in [5, 5.41) is 25.2. The zero-order chi connectivity index (χ0) is 20.5. The van der Waals surface area contributed by atoms with Gasteiger partial charge >= 0.3 is 0 Å². The topological polar surface area (TPSA) is 125 Å². The molecule has 0 radical (unpaired) electrons. The average Bonchev–Trinajstić information content (AvgIpc) is 3.28. The maximum absolute atomic E-state index is 12.0. The number of aliphatic hydroxyl groups is 2. The van der Waals surface area contributed by atoms with Gasteiger partial charge in [0.05, 0.1) is 6.33 Å². The van der Waals surface area contributed by atoms with E-state index in [2.05, 4.69) is 41.5 Å². The van der Waals surface area contributed by atoms with Crippen molar-refractivity contribution in [2.75, 3.05) is 12.4 Å². The molecule has 9 nitrogen and oxygen atoms in total. The number of halogens is 1. The van der Waals surface area contributed by atoms with Gasteiger partial charge in [0, 0.05) is 18.1 Å². The van der Waals surface area contributed by atoms with Crippen LogP contribution >= 0.6 is 27.7 Å². The second-order valence-corrected chi connectivity index (χ2v) is 8.75. The van der Waals surface area contributed by atoms with Crippen LogP contribution in [0.15, 0.2) is 41.4 Å². The van der Waals surface area contributed by atoms with E-state index in [1.807, 2.05) is 24.3 Å². The van der Waals surface area contributed by atoms with Crippen LogP contribution in [0.4, 0.5) is 5.82 Å². The number of fused-ring (bicyclic) bond motifs is 1. The van der Waals surface area contributed by atoms with Crippen LogP contribution in [-0.4, -0.2) is 60.1 Å². The molecule has 4 rings (SSSR count). The molecular formula is C18H19BrN6O3S. The molecule has 2 aromatic heterocycles. The van der Waals surface area contributed by atoms with Crippen molar-refractivity contribution in [3.8, 4) is 0 Å². The van der Waals surface area contributed by atoms with Gasteiger partial charge in [-0.2, -0.15) is 0 Å². The number of thioether (sulfide) groups is 1. The van der Waals surface area contributed by atoms with E-state index in [0.29, 0.717) is 23.5 Å². The number of amides is 1. The van der Waals surface area contributed by atoms with Crippen molar-refractivity contribution in [3.05, 3.63) is 47.0 Å². The molecule has 1 aromatic carbocycles. The number of hydrogen-bond acceptors (Lipinski definition) is 8. The van der Waals surface area contributed by atoms with Crippen LogP contribution in [0.5, 0.6) is 0 Å². The molecule has 0 saturated carbocycles. The lowest BCUT2D eigenvalue weighted by molar-refractivity contribution is -0.122. The largest absolute Gasteiger partial charge is 0.389 e. The third kappa shape index (κ3) is 3.82. The Morgan fingerprint density at radius 2 is 2.10 bits per heavy atom. The number of carbonyl (C=O) groups excluding carboxylic acids is 1. The second kappa shape index (κ2) is 8.27. The SMILES string of the molecule is CNC(=O)[C@H]1S[C@@H](n2cnc3c(NCc4cccc(Br)c4)ncnc32)C(O)C1O. The van der Waals surface area contributed by atoms with Gasteiger partial charge in [-0.05, 0) is 17.7 Å². The molecule has 2 unspecified atom stereocenters. The Bertz CT molecular complexity index is 1050. The third-order valence-corrected chi connectivity index (χ3v) is 6.79. The van der Waals surface area contributed by atoms with E-state index in [-0.39, 0.29) is 5.91 Å².